The van der Waals surface area contributed by atoms with Gasteiger partial charge in [-0.1, -0.05) is 29.8 Å². The fourth-order valence-electron chi connectivity index (χ4n) is 3.84. The van der Waals surface area contributed by atoms with Crippen LogP contribution in [0.1, 0.15) is 24.0 Å². The third-order valence-electron chi connectivity index (χ3n) is 5.65. The van der Waals surface area contributed by atoms with Crippen LogP contribution in [0.2, 0.25) is 5.02 Å². The number of rotatable bonds is 9. The Labute approximate surface area is 200 Å². The highest BCUT2D eigenvalue weighted by atomic mass is 35.5. The van der Waals surface area contributed by atoms with E-state index in [0.717, 1.165) is 19.2 Å². The first kappa shape index (κ1) is 23.4. The van der Waals surface area contributed by atoms with Crippen LogP contribution in [0.25, 0.3) is 5.69 Å². The van der Waals surface area contributed by atoms with E-state index in [-0.39, 0.29) is 28.9 Å². The fourth-order valence-corrected chi connectivity index (χ4v) is 4.03. The molecule has 1 fully saturated rings. The minimum Gasteiger partial charge on any atom is -0.380 e. The van der Waals surface area contributed by atoms with Gasteiger partial charge in [0.05, 0.1) is 28.2 Å². The van der Waals surface area contributed by atoms with Crippen molar-refractivity contribution in [3.63, 3.8) is 0 Å². The Bertz CT molecular complexity index is 1280. The van der Waals surface area contributed by atoms with Crippen LogP contribution in [0, 0.1) is 11.2 Å². The van der Waals surface area contributed by atoms with E-state index in [1.165, 1.54) is 16.8 Å². The van der Waals surface area contributed by atoms with Crippen molar-refractivity contribution < 1.29 is 9.18 Å². The maximum atomic E-state index is 13.9. The van der Waals surface area contributed by atoms with Crippen molar-refractivity contribution in [2.24, 2.45) is 0 Å². The molecule has 1 aliphatic rings. The predicted molar refractivity (Wildman–Crippen MR) is 131 cm³/mol. The topological polar surface area (TPSA) is 103 Å². The summed E-state index contributed by atoms with van der Waals surface area (Å²) in [4.78, 5) is 31.0. The van der Waals surface area contributed by atoms with E-state index in [1.54, 1.807) is 41.4 Å². The lowest BCUT2D eigenvalue weighted by Crippen LogP contribution is -2.30. The third-order valence-corrected chi connectivity index (χ3v) is 5.95. The molecule has 2 aromatic heterocycles. The zero-order chi connectivity index (χ0) is 24.1. The third kappa shape index (κ3) is 5.09. The molecule has 1 saturated heterocycles. The fraction of sp³-hybridized carbons (Fsp3) is 0.250. The molecule has 3 N–H and O–H groups in total. The lowest BCUT2D eigenvalue weighted by molar-refractivity contribution is -0.127. The normalized spacial score (nSPS) is 13.2. The molecule has 8 nitrogen and oxygen atoms in total. The van der Waals surface area contributed by atoms with Crippen molar-refractivity contribution >= 4 is 35.2 Å². The Hall–Kier alpha value is -3.72. The summed E-state index contributed by atoms with van der Waals surface area (Å²) in [6.45, 7) is 2.01. The highest BCUT2D eigenvalue weighted by molar-refractivity contribution is 6.32. The zero-order valence-corrected chi connectivity index (χ0v) is 19.1. The number of benzene rings is 1. The molecule has 1 aliphatic heterocycles. The standard InChI is InChI=1S/C24H24ClFN6O2/c25-18-15-30-22(28-8-11-31-9-3-6-23(31)33)12-21(18)32-10-7-20(17(13-27)24(32)34)29-14-16-4-1-2-5-19(16)26/h1-2,4-5,7,10,12-13,15,27,29H,3,6,8-9,11,14H2,(H,28,30). The molecule has 34 heavy (non-hydrogen) atoms. The van der Waals surface area contributed by atoms with Gasteiger partial charge in [0.1, 0.15) is 11.6 Å². The first-order valence-electron chi connectivity index (χ1n) is 10.9. The minimum atomic E-state index is -0.449. The number of carbonyl (C=O) groups excluding carboxylic acids is 1. The van der Waals surface area contributed by atoms with Crippen LogP contribution in [-0.2, 0) is 11.3 Å². The summed E-state index contributed by atoms with van der Waals surface area (Å²) in [7, 11) is 0. The molecule has 10 heteroatoms. The number of nitrogens with zero attached hydrogens (tertiary/aromatic N) is 3. The largest absolute Gasteiger partial charge is 0.380 e. The Balaban J connectivity index is 1.53. The number of amides is 1. The maximum Gasteiger partial charge on any atom is 0.266 e. The van der Waals surface area contributed by atoms with Crippen molar-refractivity contribution in [1.29, 1.82) is 5.41 Å². The number of hydrogen-bond donors (Lipinski definition) is 3. The highest BCUT2D eigenvalue weighted by Gasteiger charge is 2.19. The molecule has 1 aromatic carbocycles. The number of anilines is 2. The Morgan fingerprint density at radius 2 is 2.03 bits per heavy atom. The van der Waals surface area contributed by atoms with Gasteiger partial charge in [-0.25, -0.2) is 9.37 Å². The number of carbonyl (C=O) groups is 1. The van der Waals surface area contributed by atoms with E-state index in [9.17, 15) is 14.0 Å². The van der Waals surface area contributed by atoms with Gasteiger partial charge in [0.25, 0.3) is 5.56 Å². The van der Waals surface area contributed by atoms with Gasteiger partial charge in [-0.2, -0.15) is 0 Å². The van der Waals surface area contributed by atoms with Crippen molar-refractivity contribution in [3.05, 3.63) is 81.1 Å². The van der Waals surface area contributed by atoms with Gasteiger partial charge in [-0.15, -0.1) is 0 Å². The van der Waals surface area contributed by atoms with Crippen LogP contribution in [0.15, 0.2) is 53.6 Å². The van der Waals surface area contributed by atoms with Gasteiger partial charge < -0.3 is 20.9 Å². The number of likely N-dealkylation sites (tertiary alicyclic amines) is 1. The molecule has 0 spiro atoms. The molecule has 1 amide bonds. The maximum absolute atomic E-state index is 13.9. The summed E-state index contributed by atoms with van der Waals surface area (Å²) in [6, 6.07) is 9.65. The monoisotopic (exact) mass is 482 g/mol. The van der Waals surface area contributed by atoms with Crippen molar-refractivity contribution in [1.82, 2.24) is 14.5 Å². The van der Waals surface area contributed by atoms with Crippen LogP contribution in [-0.4, -0.2) is 46.2 Å². The molecular weight excluding hydrogens is 459 g/mol. The summed E-state index contributed by atoms with van der Waals surface area (Å²) >= 11 is 6.34. The SMILES string of the molecule is N=Cc1c(NCc2ccccc2F)ccn(-c2cc(NCCN3CCCC3=O)ncc2Cl)c1=O. The molecule has 4 rings (SSSR count). The van der Waals surface area contributed by atoms with E-state index in [4.69, 9.17) is 17.0 Å². The second-order valence-corrected chi connectivity index (χ2v) is 8.25. The molecule has 3 heterocycles. The summed E-state index contributed by atoms with van der Waals surface area (Å²) in [5.74, 6) is 0.314. The van der Waals surface area contributed by atoms with E-state index in [1.807, 2.05) is 0 Å². The van der Waals surface area contributed by atoms with Gasteiger partial charge in [-0.05, 0) is 18.6 Å². The molecule has 0 atom stereocenters. The summed E-state index contributed by atoms with van der Waals surface area (Å²) < 4.78 is 15.3. The second-order valence-electron chi connectivity index (χ2n) is 7.84. The molecular formula is C24H24ClFN6O2. The lowest BCUT2D eigenvalue weighted by Gasteiger charge is -2.17. The number of nitrogens with one attached hydrogen (secondary N) is 3. The summed E-state index contributed by atoms with van der Waals surface area (Å²) in [5, 5.41) is 14.2. The Kier molecular flexibility index (Phi) is 7.22. The number of hydrogen-bond acceptors (Lipinski definition) is 6. The van der Waals surface area contributed by atoms with E-state index >= 15 is 0 Å². The lowest BCUT2D eigenvalue weighted by atomic mass is 10.2. The first-order valence-corrected chi connectivity index (χ1v) is 11.3. The molecule has 0 aliphatic carbocycles. The summed E-state index contributed by atoms with van der Waals surface area (Å²) in [5.41, 5.74) is 0.943. The van der Waals surface area contributed by atoms with Crippen molar-refractivity contribution in [2.45, 2.75) is 19.4 Å². The molecule has 0 radical (unpaired) electrons. The average Bonchev–Trinajstić information content (AvgIpc) is 3.24. The smallest absolute Gasteiger partial charge is 0.266 e. The molecule has 0 unspecified atom stereocenters. The van der Waals surface area contributed by atoms with Crippen LogP contribution >= 0.6 is 11.6 Å². The Morgan fingerprint density at radius 3 is 2.76 bits per heavy atom. The molecule has 176 valence electrons. The quantitative estimate of drug-likeness (QED) is 0.404. The van der Waals surface area contributed by atoms with Gasteiger partial charge >= 0.3 is 0 Å². The van der Waals surface area contributed by atoms with Gasteiger partial charge in [-0.3, -0.25) is 14.2 Å². The molecule has 0 bridgehead atoms. The van der Waals surface area contributed by atoms with Crippen LogP contribution in [0.3, 0.4) is 0 Å². The van der Waals surface area contributed by atoms with E-state index in [2.05, 4.69) is 15.6 Å². The van der Waals surface area contributed by atoms with E-state index < -0.39 is 5.56 Å². The van der Waals surface area contributed by atoms with Crippen molar-refractivity contribution in [3.8, 4) is 5.69 Å². The van der Waals surface area contributed by atoms with Gasteiger partial charge in [0.2, 0.25) is 5.91 Å². The highest BCUT2D eigenvalue weighted by Crippen LogP contribution is 2.23. The van der Waals surface area contributed by atoms with Crippen LogP contribution in [0.5, 0.6) is 0 Å². The van der Waals surface area contributed by atoms with Gasteiger partial charge in [0.15, 0.2) is 0 Å². The zero-order valence-electron chi connectivity index (χ0n) is 18.4. The number of halogens is 2. The van der Waals surface area contributed by atoms with Crippen LogP contribution in [0.4, 0.5) is 15.9 Å². The predicted octanol–water partition coefficient (Wildman–Crippen LogP) is 3.67. The number of aromatic nitrogens is 2. The Morgan fingerprint density at radius 1 is 1.21 bits per heavy atom. The number of pyridine rings is 2. The van der Waals surface area contributed by atoms with Gasteiger partial charge in [0, 0.05) is 56.6 Å². The molecule has 0 saturated carbocycles. The van der Waals surface area contributed by atoms with E-state index in [0.29, 0.717) is 42.3 Å². The second kappa shape index (κ2) is 10.5. The molecule has 3 aromatic rings. The minimum absolute atomic E-state index is 0.119. The summed E-state index contributed by atoms with van der Waals surface area (Å²) in [6.07, 6.45) is 5.43. The first-order chi connectivity index (χ1) is 16.5. The average molecular weight is 483 g/mol. The van der Waals surface area contributed by atoms with Crippen LogP contribution < -0.4 is 16.2 Å². The van der Waals surface area contributed by atoms with Crippen molar-refractivity contribution in [2.75, 3.05) is 30.3 Å².